The molecule has 0 fully saturated rings. The van der Waals surface area contributed by atoms with Crippen molar-refractivity contribution in [1.29, 1.82) is 0 Å². The molecule has 0 N–H and O–H groups in total. The normalized spacial score (nSPS) is 11.0. The van der Waals surface area contributed by atoms with Crippen LogP contribution in [0.25, 0.3) is 27.8 Å². The van der Waals surface area contributed by atoms with Crippen LogP contribution in [0.2, 0.25) is 0 Å². The summed E-state index contributed by atoms with van der Waals surface area (Å²) in [6.45, 7) is 2.14. The monoisotopic (exact) mass is 315 g/mol. The van der Waals surface area contributed by atoms with Crippen LogP contribution in [0.3, 0.4) is 0 Å². The van der Waals surface area contributed by atoms with E-state index in [4.69, 9.17) is 0 Å². The first-order chi connectivity index (χ1) is 11.8. The Bertz CT molecular complexity index is 975. The van der Waals surface area contributed by atoms with Crippen LogP contribution in [-0.4, -0.2) is 25.2 Å². The Morgan fingerprint density at radius 1 is 0.917 bits per heavy atom. The zero-order valence-electron chi connectivity index (χ0n) is 13.4. The van der Waals surface area contributed by atoms with E-state index in [1.54, 1.807) is 0 Å². The SMILES string of the molecule is CCCc1cn(-c2ccc3nnc(-c4ccccc4)cc3c2)nn1. The third-order valence-corrected chi connectivity index (χ3v) is 3.95. The molecule has 0 bridgehead atoms. The Balaban J connectivity index is 1.75. The molecule has 0 unspecified atom stereocenters. The molecule has 0 spiro atoms. The van der Waals surface area contributed by atoms with Gasteiger partial charge in [0.2, 0.25) is 0 Å². The summed E-state index contributed by atoms with van der Waals surface area (Å²) in [5.41, 5.74) is 4.78. The molecular formula is C19H17N5. The van der Waals surface area contributed by atoms with Crippen LogP contribution >= 0.6 is 0 Å². The molecule has 0 atom stereocenters. The van der Waals surface area contributed by atoms with E-state index in [0.717, 1.165) is 46.4 Å². The first-order valence-corrected chi connectivity index (χ1v) is 8.08. The summed E-state index contributed by atoms with van der Waals surface area (Å²) in [4.78, 5) is 0. The van der Waals surface area contributed by atoms with Gasteiger partial charge in [-0.3, -0.25) is 0 Å². The summed E-state index contributed by atoms with van der Waals surface area (Å²) in [6, 6.07) is 18.2. The fourth-order valence-electron chi connectivity index (χ4n) is 2.72. The molecule has 0 amide bonds. The van der Waals surface area contributed by atoms with Crippen molar-refractivity contribution < 1.29 is 0 Å². The Kier molecular flexibility index (Phi) is 3.75. The van der Waals surface area contributed by atoms with E-state index in [1.807, 2.05) is 53.3 Å². The summed E-state index contributed by atoms with van der Waals surface area (Å²) in [5.74, 6) is 0. The summed E-state index contributed by atoms with van der Waals surface area (Å²) in [6.07, 6.45) is 3.99. The molecule has 5 heteroatoms. The fourth-order valence-corrected chi connectivity index (χ4v) is 2.72. The Morgan fingerprint density at radius 2 is 1.79 bits per heavy atom. The second kappa shape index (κ2) is 6.20. The predicted molar refractivity (Wildman–Crippen MR) is 93.9 cm³/mol. The lowest BCUT2D eigenvalue weighted by Crippen LogP contribution is -1.96. The second-order valence-electron chi connectivity index (χ2n) is 5.74. The van der Waals surface area contributed by atoms with Gasteiger partial charge >= 0.3 is 0 Å². The summed E-state index contributed by atoms with van der Waals surface area (Å²) >= 11 is 0. The maximum Gasteiger partial charge on any atom is 0.0936 e. The number of benzene rings is 2. The molecule has 0 aliphatic rings. The molecule has 5 nitrogen and oxygen atoms in total. The molecule has 2 heterocycles. The highest BCUT2D eigenvalue weighted by atomic mass is 15.4. The summed E-state index contributed by atoms with van der Waals surface area (Å²) in [5, 5.41) is 18.1. The Morgan fingerprint density at radius 3 is 2.62 bits per heavy atom. The maximum atomic E-state index is 4.33. The van der Waals surface area contributed by atoms with Gasteiger partial charge < -0.3 is 0 Å². The molecular weight excluding hydrogens is 298 g/mol. The zero-order valence-corrected chi connectivity index (χ0v) is 13.4. The number of rotatable bonds is 4. The number of aromatic nitrogens is 5. The molecule has 0 saturated carbocycles. The van der Waals surface area contributed by atoms with Crippen LogP contribution in [0.1, 0.15) is 19.0 Å². The molecule has 2 aromatic carbocycles. The van der Waals surface area contributed by atoms with Crippen molar-refractivity contribution in [3.8, 4) is 16.9 Å². The molecule has 4 aromatic rings. The number of fused-ring (bicyclic) bond motifs is 1. The van der Waals surface area contributed by atoms with Gasteiger partial charge in [-0.05, 0) is 30.7 Å². The number of nitrogens with zero attached hydrogens (tertiary/aromatic N) is 5. The lowest BCUT2D eigenvalue weighted by molar-refractivity contribution is 0.792. The van der Waals surface area contributed by atoms with Gasteiger partial charge in [-0.25, -0.2) is 4.68 Å². The van der Waals surface area contributed by atoms with Crippen LogP contribution in [-0.2, 0) is 6.42 Å². The van der Waals surface area contributed by atoms with E-state index in [-0.39, 0.29) is 0 Å². The third kappa shape index (κ3) is 2.76. The summed E-state index contributed by atoms with van der Waals surface area (Å²) < 4.78 is 1.81. The average molecular weight is 315 g/mol. The van der Waals surface area contributed by atoms with Crippen LogP contribution in [0, 0.1) is 0 Å². The topological polar surface area (TPSA) is 56.5 Å². The van der Waals surface area contributed by atoms with Crippen molar-refractivity contribution in [3.05, 3.63) is 66.5 Å². The van der Waals surface area contributed by atoms with Crippen LogP contribution in [0.5, 0.6) is 0 Å². The smallest absolute Gasteiger partial charge is 0.0936 e. The lowest BCUT2D eigenvalue weighted by Gasteiger charge is -2.04. The molecule has 4 rings (SSSR count). The van der Waals surface area contributed by atoms with Crippen molar-refractivity contribution in [2.24, 2.45) is 0 Å². The predicted octanol–water partition coefficient (Wildman–Crippen LogP) is 3.83. The second-order valence-corrected chi connectivity index (χ2v) is 5.74. The maximum absolute atomic E-state index is 4.33. The van der Waals surface area contributed by atoms with Gasteiger partial charge in [0.25, 0.3) is 0 Å². The van der Waals surface area contributed by atoms with Gasteiger partial charge in [-0.2, -0.15) is 0 Å². The minimum atomic E-state index is 0.866. The van der Waals surface area contributed by atoms with E-state index < -0.39 is 0 Å². The molecule has 0 radical (unpaired) electrons. The largest absolute Gasteiger partial charge is 0.220 e. The minimum absolute atomic E-state index is 0.866. The standard InChI is InChI=1S/C19H17N5/c1-2-6-16-13-24(23-20-16)17-9-10-18-15(11-17)12-19(22-21-18)14-7-4-3-5-8-14/h3-5,7-13H,2,6H2,1H3. The molecule has 0 aliphatic carbocycles. The molecule has 0 aliphatic heterocycles. The number of hydrogen-bond acceptors (Lipinski definition) is 4. The van der Waals surface area contributed by atoms with E-state index in [9.17, 15) is 0 Å². The fraction of sp³-hybridized carbons (Fsp3) is 0.158. The van der Waals surface area contributed by atoms with Crippen LogP contribution in [0.15, 0.2) is 60.8 Å². The van der Waals surface area contributed by atoms with Crippen LogP contribution in [0.4, 0.5) is 0 Å². The molecule has 0 saturated heterocycles. The van der Waals surface area contributed by atoms with Gasteiger partial charge in [-0.1, -0.05) is 48.9 Å². The van der Waals surface area contributed by atoms with Gasteiger partial charge in [-0.15, -0.1) is 15.3 Å². The number of hydrogen-bond donors (Lipinski definition) is 0. The van der Waals surface area contributed by atoms with E-state index in [1.165, 1.54) is 0 Å². The molecule has 24 heavy (non-hydrogen) atoms. The summed E-state index contributed by atoms with van der Waals surface area (Å²) in [7, 11) is 0. The van der Waals surface area contributed by atoms with Gasteiger partial charge in [0.05, 0.1) is 28.8 Å². The first kappa shape index (κ1) is 14.5. The van der Waals surface area contributed by atoms with Crippen molar-refractivity contribution in [2.45, 2.75) is 19.8 Å². The third-order valence-electron chi connectivity index (χ3n) is 3.95. The Hall–Kier alpha value is -3.08. The van der Waals surface area contributed by atoms with Crippen molar-refractivity contribution >= 4 is 10.9 Å². The van der Waals surface area contributed by atoms with Gasteiger partial charge in [0.1, 0.15) is 0 Å². The zero-order chi connectivity index (χ0) is 16.4. The van der Waals surface area contributed by atoms with E-state index in [2.05, 4.69) is 39.6 Å². The van der Waals surface area contributed by atoms with E-state index in [0.29, 0.717) is 0 Å². The average Bonchev–Trinajstić information content (AvgIpc) is 3.10. The first-order valence-electron chi connectivity index (χ1n) is 8.08. The Labute approximate surface area is 140 Å². The lowest BCUT2D eigenvalue weighted by atomic mass is 10.1. The highest BCUT2D eigenvalue weighted by Gasteiger charge is 2.06. The van der Waals surface area contributed by atoms with Crippen molar-refractivity contribution in [1.82, 2.24) is 25.2 Å². The number of aryl methyl sites for hydroxylation is 1. The van der Waals surface area contributed by atoms with E-state index >= 15 is 0 Å². The highest BCUT2D eigenvalue weighted by molar-refractivity contribution is 5.83. The minimum Gasteiger partial charge on any atom is -0.220 e. The van der Waals surface area contributed by atoms with Crippen molar-refractivity contribution in [2.75, 3.05) is 0 Å². The molecule has 118 valence electrons. The highest BCUT2D eigenvalue weighted by Crippen LogP contribution is 2.22. The van der Waals surface area contributed by atoms with Crippen LogP contribution < -0.4 is 0 Å². The molecule has 2 aromatic heterocycles. The van der Waals surface area contributed by atoms with Gasteiger partial charge in [0, 0.05) is 10.9 Å². The quantitative estimate of drug-likeness (QED) is 0.574. The van der Waals surface area contributed by atoms with Crippen molar-refractivity contribution in [3.63, 3.8) is 0 Å². The van der Waals surface area contributed by atoms with Gasteiger partial charge in [0.15, 0.2) is 0 Å².